The Morgan fingerprint density at radius 2 is 2.00 bits per heavy atom. The van der Waals surface area contributed by atoms with Gasteiger partial charge in [-0.1, -0.05) is 36.4 Å². The summed E-state index contributed by atoms with van der Waals surface area (Å²) in [5, 5.41) is 6.86. The molecule has 0 saturated carbocycles. The van der Waals surface area contributed by atoms with E-state index in [1.54, 1.807) is 19.4 Å². The van der Waals surface area contributed by atoms with Crippen molar-refractivity contribution in [2.24, 2.45) is 0 Å². The zero-order chi connectivity index (χ0) is 20.4. The highest BCUT2D eigenvalue weighted by Gasteiger charge is 2.31. The number of hydrogen-bond donors (Lipinski definition) is 1. The maximum Gasteiger partial charge on any atom is 0.342 e. The second-order valence-corrected chi connectivity index (χ2v) is 7.14. The molecule has 0 spiro atoms. The van der Waals surface area contributed by atoms with Crippen LogP contribution in [0.1, 0.15) is 16.7 Å². The number of nitrogens with one attached hydrogen (secondary N) is 1. The summed E-state index contributed by atoms with van der Waals surface area (Å²) < 4.78 is 7.01. The first-order valence-electron chi connectivity index (χ1n) is 9.40. The van der Waals surface area contributed by atoms with Crippen LogP contribution in [0.15, 0.2) is 60.9 Å². The molecule has 1 aliphatic rings. The van der Waals surface area contributed by atoms with Crippen molar-refractivity contribution in [2.45, 2.75) is 19.4 Å². The largest absolute Gasteiger partial charge is 0.489 e. The average molecular weight is 390 g/mol. The van der Waals surface area contributed by atoms with Crippen molar-refractivity contribution in [2.75, 3.05) is 18.6 Å². The maximum atomic E-state index is 12.8. The van der Waals surface area contributed by atoms with E-state index in [1.807, 2.05) is 55.5 Å². The van der Waals surface area contributed by atoms with Gasteiger partial charge in [0.1, 0.15) is 18.4 Å². The number of aryl methyl sites for hydroxylation is 1. The van der Waals surface area contributed by atoms with Crippen LogP contribution in [0.2, 0.25) is 0 Å². The zero-order valence-corrected chi connectivity index (χ0v) is 16.3. The fourth-order valence-corrected chi connectivity index (χ4v) is 3.32. The lowest BCUT2D eigenvalue weighted by atomic mass is 10.1. The molecule has 1 atom stereocenters. The van der Waals surface area contributed by atoms with Crippen molar-refractivity contribution in [3.8, 4) is 5.75 Å². The van der Waals surface area contributed by atoms with E-state index in [4.69, 9.17) is 4.74 Å². The minimum atomic E-state index is -0.804. The molecule has 2 amide bonds. The predicted molar refractivity (Wildman–Crippen MR) is 109 cm³/mol. The summed E-state index contributed by atoms with van der Waals surface area (Å²) in [6, 6.07) is 14.3. The smallest absolute Gasteiger partial charge is 0.342 e. The molecule has 29 heavy (non-hydrogen) atoms. The number of likely N-dealkylation sites (N-methyl/N-ethyl adjacent to an activating group) is 1. The van der Waals surface area contributed by atoms with Gasteiger partial charge in [-0.3, -0.25) is 4.79 Å². The summed E-state index contributed by atoms with van der Waals surface area (Å²) in [6.45, 7) is 2.02. The van der Waals surface area contributed by atoms with Gasteiger partial charge in [0.05, 0.1) is 11.9 Å². The van der Waals surface area contributed by atoms with Gasteiger partial charge in [-0.2, -0.15) is 9.78 Å². The minimum Gasteiger partial charge on any atom is -0.489 e. The fraction of sp³-hybridized carbons (Fsp3) is 0.227. The molecule has 148 valence electrons. The van der Waals surface area contributed by atoms with Crippen LogP contribution in [0.5, 0.6) is 5.75 Å². The first kappa shape index (κ1) is 18.7. The van der Waals surface area contributed by atoms with E-state index in [-0.39, 0.29) is 12.5 Å². The first-order chi connectivity index (χ1) is 14.0. The lowest BCUT2D eigenvalue weighted by molar-refractivity contribution is -0.120. The van der Waals surface area contributed by atoms with Gasteiger partial charge >= 0.3 is 6.03 Å². The SMILES string of the molecule is Cc1ccc2c(c1)OC[C@H](NC(=O)n1cc(Cc3ccccc3)cn1)C(=O)N2C. The third kappa shape index (κ3) is 3.99. The molecule has 1 N–H and O–H groups in total. The Labute approximate surface area is 168 Å². The van der Waals surface area contributed by atoms with Crippen LogP contribution in [0.3, 0.4) is 0 Å². The van der Waals surface area contributed by atoms with Crippen LogP contribution < -0.4 is 15.0 Å². The first-order valence-corrected chi connectivity index (χ1v) is 9.40. The Bertz CT molecular complexity index is 1050. The Kier molecular flexibility index (Phi) is 5.03. The van der Waals surface area contributed by atoms with E-state index in [0.717, 1.165) is 16.7 Å². The molecule has 1 aliphatic heterocycles. The van der Waals surface area contributed by atoms with Gasteiger partial charge in [0, 0.05) is 19.7 Å². The highest BCUT2D eigenvalue weighted by Crippen LogP contribution is 2.31. The summed E-state index contributed by atoms with van der Waals surface area (Å²) in [5.74, 6) is 0.388. The van der Waals surface area contributed by atoms with Crippen molar-refractivity contribution in [1.82, 2.24) is 15.1 Å². The van der Waals surface area contributed by atoms with E-state index in [2.05, 4.69) is 10.4 Å². The third-order valence-corrected chi connectivity index (χ3v) is 4.90. The fourth-order valence-electron chi connectivity index (χ4n) is 3.32. The molecule has 0 saturated heterocycles. The number of benzene rings is 2. The molecule has 1 aromatic heterocycles. The molecule has 7 nitrogen and oxygen atoms in total. The van der Waals surface area contributed by atoms with E-state index < -0.39 is 12.1 Å². The van der Waals surface area contributed by atoms with Gasteiger partial charge in [0.2, 0.25) is 0 Å². The summed E-state index contributed by atoms with van der Waals surface area (Å²) >= 11 is 0. The van der Waals surface area contributed by atoms with E-state index in [9.17, 15) is 9.59 Å². The topological polar surface area (TPSA) is 76.5 Å². The Morgan fingerprint density at radius 1 is 1.21 bits per heavy atom. The highest BCUT2D eigenvalue weighted by molar-refractivity contribution is 6.00. The van der Waals surface area contributed by atoms with Gasteiger partial charge < -0.3 is 15.0 Å². The van der Waals surface area contributed by atoms with Gasteiger partial charge in [-0.15, -0.1) is 0 Å². The molecule has 0 radical (unpaired) electrons. The van der Waals surface area contributed by atoms with E-state index >= 15 is 0 Å². The number of anilines is 1. The van der Waals surface area contributed by atoms with Crippen molar-refractivity contribution in [3.63, 3.8) is 0 Å². The van der Waals surface area contributed by atoms with Crippen LogP contribution in [0.25, 0.3) is 0 Å². The lowest BCUT2D eigenvalue weighted by Crippen LogP contribution is -2.50. The number of fused-ring (bicyclic) bond motifs is 1. The standard InChI is InChI=1S/C22H22N4O3/c1-15-8-9-19-20(10-15)29-14-18(21(27)25(19)2)24-22(28)26-13-17(12-23-26)11-16-6-4-3-5-7-16/h3-10,12-13,18H,11,14H2,1-2H3,(H,24,28)/t18-/m0/s1. The van der Waals surface area contributed by atoms with Gasteiger partial charge in [-0.05, 0) is 35.7 Å². The molecule has 3 aromatic rings. The quantitative estimate of drug-likeness (QED) is 0.746. The number of amides is 2. The second-order valence-electron chi connectivity index (χ2n) is 7.14. The predicted octanol–water partition coefficient (Wildman–Crippen LogP) is 2.76. The molecule has 0 unspecified atom stereocenters. The minimum absolute atomic E-state index is 0.0590. The Morgan fingerprint density at radius 3 is 2.79 bits per heavy atom. The monoisotopic (exact) mass is 390 g/mol. The Hall–Kier alpha value is -3.61. The van der Waals surface area contributed by atoms with Gasteiger partial charge in [0.25, 0.3) is 5.91 Å². The molecule has 4 rings (SSSR count). The van der Waals surface area contributed by atoms with Crippen LogP contribution in [-0.2, 0) is 11.2 Å². The van der Waals surface area contributed by atoms with Crippen LogP contribution in [0.4, 0.5) is 10.5 Å². The summed E-state index contributed by atoms with van der Waals surface area (Å²) in [5.41, 5.74) is 3.76. The van der Waals surface area contributed by atoms with Crippen LogP contribution in [0, 0.1) is 6.92 Å². The molecule has 2 aromatic carbocycles. The third-order valence-electron chi connectivity index (χ3n) is 4.90. The van der Waals surface area contributed by atoms with E-state index in [0.29, 0.717) is 17.9 Å². The zero-order valence-electron chi connectivity index (χ0n) is 16.3. The number of nitrogens with zero attached hydrogens (tertiary/aromatic N) is 3. The highest BCUT2D eigenvalue weighted by atomic mass is 16.5. The number of rotatable bonds is 3. The number of ether oxygens (including phenoxy) is 1. The number of carbonyl (C=O) groups is 2. The average Bonchev–Trinajstić information content (AvgIpc) is 3.15. The maximum absolute atomic E-state index is 12.8. The normalized spacial score (nSPS) is 16.0. The molecule has 2 heterocycles. The number of aromatic nitrogens is 2. The molecule has 0 fully saturated rings. The molecular formula is C22H22N4O3. The van der Waals surface area contributed by atoms with E-state index in [1.165, 1.54) is 9.58 Å². The summed E-state index contributed by atoms with van der Waals surface area (Å²) in [4.78, 5) is 27.0. The van der Waals surface area contributed by atoms with Gasteiger partial charge in [-0.25, -0.2) is 4.79 Å². The van der Waals surface area contributed by atoms with Crippen molar-refractivity contribution >= 4 is 17.6 Å². The molecule has 0 bridgehead atoms. The molecule has 7 heteroatoms. The Balaban J connectivity index is 1.45. The van der Waals surface area contributed by atoms with Crippen molar-refractivity contribution < 1.29 is 14.3 Å². The van der Waals surface area contributed by atoms with Gasteiger partial charge in [0.15, 0.2) is 0 Å². The number of hydrogen-bond acceptors (Lipinski definition) is 4. The second kappa shape index (κ2) is 7.79. The molecule has 0 aliphatic carbocycles. The van der Waals surface area contributed by atoms with Crippen molar-refractivity contribution in [3.05, 3.63) is 77.6 Å². The van der Waals surface area contributed by atoms with Crippen LogP contribution >= 0.6 is 0 Å². The molecular weight excluding hydrogens is 368 g/mol. The summed E-state index contributed by atoms with van der Waals surface area (Å²) in [7, 11) is 1.68. The van der Waals surface area contributed by atoms with Crippen LogP contribution in [-0.4, -0.2) is 41.4 Å². The number of carbonyl (C=O) groups excluding carboxylic acids is 2. The van der Waals surface area contributed by atoms with Crippen molar-refractivity contribution in [1.29, 1.82) is 0 Å². The lowest BCUT2D eigenvalue weighted by Gasteiger charge is -2.20. The summed E-state index contributed by atoms with van der Waals surface area (Å²) in [6.07, 6.45) is 4.01.